The third-order valence-electron chi connectivity index (χ3n) is 5.85. The van der Waals surface area contributed by atoms with E-state index in [1.807, 2.05) is 35.0 Å². The zero-order chi connectivity index (χ0) is 22.4. The summed E-state index contributed by atoms with van der Waals surface area (Å²) in [6.45, 7) is 4.24. The van der Waals surface area contributed by atoms with Gasteiger partial charge in [0.15, 0.2) is 5.69 Å². The molecule has 0 radical (unpaired) electrons. The molecule has 0 N–H and O–H groups in total. The molecule has 2 heterocycles. The first-order valence-electron chi connectivity index (χ1n) is 10.6. The molecule has 8 heteroatoms. The third-order valence-corrected chi connectivity index (χ3v) is 6.64. The Bertz CT molecular complexity index is 1270. The van der Waals surface area contributed by atoms with Gasteiger partial charge in [0.2, 0.25) is 5.89 Å². The summed E-state index contributed by atoms with van der Waals surface area (Å²) in [7, 11) is 0. The lowest BCUT2D eigenvalue weighted by Crippen LogP contribution is -2.08. The predicted octanol–water partition coefficient (Wildman–Crippen LogP) is 7.94. The van der Waals surface area contributed by atoms with E-state index in [2.05, 4.69) is 24.0 Å². The SMILES string of the molecule is CC(C)c1c(-c2nnc(C3CCC3)o2)nn(-c2ccc(Cl)cc2Cl)c1-c1ccc(Cl)cc1. The van der Waals surface area contributed by atoms with Crippen molar-refractivity contribution >= 4 is 34.8 Å². The molecule has 0 amide bonds. The number of hydrogen-bond donors (Lipinski definition) is 0. The van der Waals surface area contributed by atoms with Crippen molar-refractivity contribution in [2.45, 2.75) is 44.9 Å². The minimum Gasteiger partial charge on any atom is -0.419 e. The molecule has 2 aromatic heterocycles. The van der Waals surface area contributed by atoms with E-state index in [0.717, 1.165) is 29.7 Å². The lowest BCUT2D eigenvalue weighted by atomic mass is 9.85. The summed E-state index contributed by atoms with van der Waals surface area (Å²) in [5.74, 6) is 1.60. The zero-order valence-corrected chi connectivity index (χ0v) is 19.9. The average molecular weight is 488 g/mol. The number of nitrogens with zero attached hydrogens (tertiary/aromatic N) is 4. The van der Waals surface area contributed by atoms with Crippen LogP contribution in [0.15, 0.2) is 46.9 Å². The molecule has 164 valence electrons. The molecular formula is C24H21Cl3N4O. The lowest BCUT2D eigenvalue weighted by molar-refractivity contribution is 0.338. The quantitative estimate of drug-likeness (QED) is 0.287. The van der Waals surface area contributed by atoms with E-state index in [9.17, 15) is 0 Å². The highest BCUT2D eigenvalue weighted by Gasteiger charge is 2.30. The van der Waals surface area contributed by atoms with Gasteiger partial charge in [-0.25, -0.2) is 4.68 Å². The normalized spacial score (nSPS) is 14.2. The summed E-state index contributed by atoms with van der Waals surface area (Å²) >= 11 is 18.9. The average Bonchev–Trinajstić information content (AvgIpc) is 3.32. The number of hydrogen-bond acceptors (Lipinski definition) is 4. The van der Waals surface area contributed by atoms with E-state index in [1.165, 1.54) is 6.42 Å². The van der Waals surface area contributed by atoms with Gasteiger partial charge in [0.05, 0.1) is 16.4 Å². The Morgan fingerprint density at radius 1 is 0.969 bits per heavy atom. The van der Waals surface area contributed by atoms with Crippen molar-refractivity contribution in [3.63, 3.8) is 0 Å². The molecule has 0 aliphatic heterocycles. The van der Waals surface area contributed by atoms with Crippen LogP contribution in [0.3, 0.4) is 0 Å². The molecule has 0 spiro atoms. The molecule has 2 aromatic carbocycles. The maximum absolute atomic E-state index is 6.59. The Kier molecular flexibility index (Phi) is 5.74. The van der Waals surface area contributed by atoms with Crippen LogP contribution in [0.2, 0.25) is 15.1 Å². The molecular weight excluding hydrogens is 467 g/mol. The maximum Gasteiger partial charge on any atom is 0.268 e. The molecule has 0 unspecified atom stereocenters. The fourth-order valence-electron chi connectivity index (χ4n) is 4.00. The molecule has 0 atom stereocenters. The van der Waals surface area contributed by atoms with Crippen LogP contribution in [0.5, 0.6) is 0 Å². The van der Waals surface area contributed by atoms with Crippen molar-refractivity contribution in [2.75, 3.05) is 0 Å². The van der Waals surface area contributed by atoms with Crippen LogP contribution < -0.4 is 0 Å². The lowest BCUT2D eigenvalue weighted by Gasteiger charge is -2.20. The molecule has 0 saturated heterocycles. The third kappa shape index (κ3) is 3.83. The van der Waals surface area contributed by atoms with E-state index in [0.29, 0.717) is 44.1 Å². The fraction of sp³-hybridized carbons (Fsp3) is 0.292. The van der Waals surface area contributed by atoms with E-state index in [1.54, 1.807) is 12.1 Å². The van der Waals surface area contributed by atoms with Gasteiger partial charge in [0.1, 0.15) is 0 Å². The molecule has 4 aromatic rings. The standard InChI is InChI=1S/C24H21Cl3N4O/c1-13(2)20-21(24-29-28-23(32-24)15-4-3-5-15)30-31(19-11-10-17(26)12-18(19)27)22(20)14-6-8-16(25)9-7-14/h6-13,15H,3-5H2,1-2H3. The van der Waals surface area contributed by atoms with Crippen molar-refractivity contribution in [2.24, 2.45) is 0 Å². The first kappa shape index (κ1) is 21.5. The van der Waals surface area contributed by atoms with Gasteiger partial charge in [-0.2, -0.15) is 5.10 Å². The van der Waals surface area contributed by atoms with Gasteiger partial charge < -0.3 is 4.42 Å². The first-order valence-corrected chi connectivity index (χ1v) is 11.7. The van der Waals surface area contributed by atoms with Crippen molar-refractivity contribution in [3.05, 3.63) is 69.0 Å². The molecule has 0 bridgehead atoms. The highest BCUT2D eigenvalue weighted by molar-refractivity contribution is 6.35. The second-order valence-corrected chi connectivity index (χ2v) is 9.63. The van der Waals surface area contributed by atoms with Crippen molar-refractivity contribution < 1.29 is 4.42 Å². The van der Waals surface area contributed by atoms with Crippen molar-refractivity contribution in [3.8, 4) is 28.5 Å². The molecule has 5 nitrogen and oxygen atoms in total. The summed E-state index contributed by atoms with van der Waals surface area (Å²) in [5, 5.41) is 15.3. The van der Waals surface area contributed by atoms with E-state index in [-0.39, 0.29) is 5.92 Å². The second kappa shape index (κ2) is 8.54. The monoisotopic (exact) mass is 486 g/mol. The first-order chi connectivity index (χ1) is 15.4. The Morgan fingerprint density at radius 3 is 2.31 bits per heavy atom. The summed E-state index contributed by atoms with van der Waals surface area (Å²) < 4.78 is 7.93. The number of rotatable bonds is 5. The largest absolute Gasteiger partial charge is 0.419 e. The summed E-state index contributed by atoms with van der Waals surface area (Å²) in [6.07, 6.45) is 3.37. The Labute approximate surface area is 201 Å². The van der Waals surface area contributed by atoms with Gasteiger partial charge in [-0.1, -0.05) is 67.2 Å². The second-order valence-electron chi connectivity index (χ2n) is 8.35. The Balaban J connectivity index is 1.75. The smallest absolute Gasteiger partial charge is 0.268 e. The van der Waals surface area contributed by atoms with Crippen molar-refractivity contribution in [1.29, 1.82) is 0 Å². The van der Waals surface area contributed by atoms with Gasteiger partial charge in [-0.3, -0.25) is 0 Å². The van der Waals surface area contributed by atoms with Crippen LogP contribution in [0, 0.1) is 0 Å². The molecule has 5 rings (SSSR count). The highest BCUT2D eigenvalue weighted by Crippen LogP contribution is 2.41. The van der Waals surface area contributed by atoms with Crippen molar-refractivity contribution in [1.82, 2.24) is 20.0 Å². The molecule has 1 aliphatic carbocycles. The number of aromatic nitrogens is 4. The van der Waals surface area contributed by atoms with Crippen LogP contribution >= 0.6 is 34.8 Å². The van der Waals surface area contributed by atoms with Gasteiger partial charge in [-0.15, -0.1) is 10.2 Å². The van der Waals surface area contributed by atoms with Crippen LogP contribution in [0.25, 0.3) is 28.5 Å². The molecule has 1 saturated carbocycles. The topological polar surface area (TPSA) is 56.7 Å². The maximum atomic E-state index is 6.59. The number of benzene rings is 2. The zero-order valence-electron chi connectivity index (χ0n) is 17.6. The minimum atomic E-state index is 0.134. The summed E-state index contributed by atoms with van der Waals surface area (Å²) in [6, 6.07) is 13.0. The molecule has 1 fully saturated rings. The predicted molar refractivity (Wildman–Crippen MR) is 128 cm³/mol. The van der Waals surface area contributed by atoms with Gasteiger partial charge in [-0.05, 0) is 49.1 Å². The van der Waals surface area contributed by atoms with Crippen LogP contribution in [-0.4, -0.2) is 20.0 Å². The fourth-order valence-corrected chi connectivity index (χ4v) is 4.61. The van der Waals surface area contributed by atoms with E-state index in [4.69, 9.17) is 44.3 Å². The Morgan fingerprint density at radius 2 is 1.69 bits per heavy atom. The highest BCUT2D eigenvalue weighted by atomic mass is 35.5. The van der Waals surface area contributed by atoms with Crippen LogP contribution in [0.1, 0.15) is 56.4 Å². The van der Waals surface area contributed by atoms with E-state index < -0.39 is 0 Å². The van der Waals surface area contributed by atoms with Crippen LogP contribution in [0.4, 0.5) is 0 Å². The van der Waals surface area contributed by atoms with Gasteiger partial charge >= 0.3 is 0 Å². The summed E-state index contributed by atoms with van der Waals surface area (Å²) in [5.41, 5.74) is 4.24. The molecule has 32 heavy (non-hydrogen) atoms. The Hall–Kier alpha value is -2.34. The van der Waals surface area contributed by atoms with Gasteiger partial charge in [0.25, 0.3) is 5.89 Å². The molecule has 1 aliphatic rings. The number of halogens is 3. The van der Waals surface area contributed by atoms with E-state index >= 15 is 0 Å². The minimum absolute atomic E-state index is 0.134. The summed E-state index contributed by atoms with van der Waals surface area (Å²) in [4.78, 5) is 0. The van der Waals surface area contributed by atoms with Gasteiger partial charge in [0, 0.05) is 27.1 Å². The van der Waals surface area contributed by atoms with Crippen LogP contribution in [-0.2, 0) is 0 Å².